The maximum atomic E-state index is 2.65. The molecular formula is C60H44N2. The SMILES string of the molecule is c1ccc2c(c1)-c1ccc(-n3c4ccc(-c5ccc6c(c5)c5ccccc5n6-c5cccc6ccccc56)cc4c4cc5ccccc5cc43)cc1C21C2CC3CC(C2)CC1C3. The molecule has 4 saturated carbocycles. The van der Waals surface area contributed by atoms with Gasteiger partial charge in [-0.3, -0.25) is 0 Å². The van der Waals surface area contributed by atoms with E-state index in [1.165, 1.54) is 131 Å². The maximum Gasteiger partial charge on any atom is 0.0547 e. The molecule has 2 heteroatoms. The lowest BCUT2D eigenvalue weighted by atomic mass is 9.43. The second kappa shape index (κ2) is 12.1. The molecule has 4 bridgehead atoms. The first-order valence-corrected chi connectivity index (χ1v) is 22.9. The highest BCUT2D eigenvalue weighted by atomic mass is 15.0. The van der Waals surface area contributed by atoms with Gasteiger partial charge in [-0.05, 0) is 166 Å². The summed E-state index contributed by atoms with van der Waals surface area (Å²) >= 11 is 0. The van der Waals surface area contributed by atoms with Crippen LogP contribution in [0.25, 0.3) is 98.8 Å². The average Bonchev–Trinajstić information content (AvgIpc) is 3.92. The van der Waals surface area contributed by atoms with E-state index < -0.39 is 0 Å². The van der Waals surface area contributed by atoms with E-state index in [-0.39, 0.29) is 5.41 Å². The molecule has 2 aromatic heterocycles. The molecule has 0 unspecified atom stereocenters. The first-order valence-electron chi connectivity index (χ1n) is 22.9. The molecular weight excluding hydrogens is 749 g/mol. The molecule has 294 valence electrons. The van der Waals surface area contributed by atoms with E-state index in [2.05, 4.69) is 191 Å². The number of hydrogen-bond acceptors (Lipinski definition) is 0. The molecule has 0 radical (unpaired) electrons. The molecule has 11 aromatic rings. The van der Waals surface area contributed by atoms with Gasteiger partial charge >= 0.3 is 0 Å². The van der Waals surface area contributed by atoms with E-state index in [0.717, 1.165) is 23.7 Å². The van der Waals surface area contributed by atoms with Crippen LogP contribution in [0.2, 0.25) is 0 Å². The topological polar surface area (TPSA) is 9.86 Å². The van der Waals surface area contributed by atoms with Crippen LogP contribution < -0.4 is 0 Å². The Bertz CT molecular complexity index is 3690. The van der Waals surface area contributed by atoms with Crippen molar-refractivity contribution in [3.8, 4) is 33.6 Å². The molecule has 0 N–H and O–H groups in total. The van der Waals surface area contributed by atoms with Gasteiger partial charge in [0.1, 0.15) is 0 Å². The van der Waals surface area contributed by atoms with Crippen LogP contribution in [-0.4, -0.2) is 9.13 Å². The average molecular weight is 793 g/mol. The van der Waals surface area contributed by atoms with E-state index in [0.29, 0.717) is 0 Å². The number of para-hydroxylation sites is 1. The van der Waals surface area contributed by atoms with Crippen molar-refractivity contribution in [2.45, 2.75) is 37.5 Å². The molecule has 1 spiro atoms. The van der Waals surface area contributed by atoms with Crippen molar-refractivity contribution in [1.29, 1.82) is 0 Å². The third-order valence-corrected chi connectivity index (χ3v) is 16.4. The van der Waals surface area contributed by atoms with E-state index in [4.69, 9.17) is 0 Å². The number of nitrogens with zero attached hydrogens (tertiary/aromatic N) is 2. The summed E-state index contributed by atoms with van der Waals surface area (Å²) in [4.78, 5) is 0. The minimum atomic E-state index is 0.128. The highest BCUT2D eigenvalue weighted by Crippen LogP contribution is 2.69. The molecule has 62 heavy (non-hydrogen) atoms. The first-order chi connectivity index (χ1) is 30.7. The Balaban J connectivity index is 0.937. The lowest BCUT2D eigenvalue weighted by molar-refractivity contribution is -0.0399. The van der Waals surface area contributed by atoms with Crippen LogP contribution in [0.15, 0.2) is 182 Å². The zero-order chi connectivity index (χ0) is 40.3. The number of benzene rings is 9. The molecule has 0 atom stereocenters. The van der Waals surface area contributed by atoms with Gasteiger partial charge in [-0.15, -0.1) is 0 Å². The van der Waals surface area contributed by atoms with Crippen LogP contribution in [0, 0.1) is 23.7 Å². The number of aromatic nitrogens is 2. The Morgan fingerprint density at radius 2 is 0.935 bits per heavy atom. The van der Waals surface area contributed by atoms with Gasteiger partial charge in [-0.1, -0.05) is 121 Å². The fraction of sp³-hybridized carbons (Fsp3) is 0.167. The standard InChI is InChI=1S/C60H44N2/c1-2-12-40-34-59-52(31-39(40)11-1)51-33-42(41-21-25-58-50(32-41)49-16-6-8-18-56(49)62(58)55-19-9-13-38-10-3-4-14-46(38)55)20-24-57(51)61(59)45-22-23-48-47-15-5-7-17-53(47)60(54(48)35-45)43-27-36-26-37(29-43)30-44(60)28-36/h1-25,31-37,43-44H,26-30H2. The predicted molar refractivity (Wildman–Crippen MR) is 259 cm³/mol. The zero-order valence-electron chi connectivity index (χ0n) is 34.6. The molecule has 2 nitrogen and oxygen atoms in total. The van der Waals surface area contributed by atoms with Crippen LogP contribution >= 0.6 is 0 Å². The minimum absolute atomic E-state index is 0.128. The Labute approximate surface area is 360 Å². The monoisotopic (exact) mass is 792 g/mol. The van der Waals surface area contributed by atoms with Gasteiger partial charge in [-0.25, -0.2) is 0 Å². The van der Waals surface area contributed by atoms with Gasteiger partial charge in [0.2, 0.25) is 0 Å². The molecule has 0 saturated heterocycles. The fourth-order valence-corrected chi connectivity index (χ4v) is 14.3. The summed E-state index contributed by atoms with van der Waals surface area (Å²) in [5.41, 5.74) is 16.3. The van der Waals surface area contributed by atoms with Crippen molar-refractivity contribution >= 4 is 65.2 Å². The van der Waals surface area contributed by atoms with Gasteiger partial charge < -0.3 is 9.13 Å². The van der Waals surface area contributed by atoms with Gasteiger partial charge in [0.05, 0.1) is 27.8 Å². The number of hydrogen-bond donors (Lipinski definition) is 0. The van der Waals surface area contributed by atoms with Crippen LogP contribution in [0.4, 0.5) is 0 Å². The lowest BCUT2D eigenvalue weighted by Crippen LogP contribution is -2.55. The van der Waals surface area contributed by atoms with Crippen molar-refractivity contribution in [1.82, 2.24) is 9.13 Å². The van der Waals surface area contributed by atoms with Crippen LogP contribution in [0.1, 0.15) is 43.2 Å². The second-order valence-electron chi connectivity index (χ2n) is 19.3. The van der Waals surface area contributed by atoms with Gasteiger partial charge in [-0.2, -0.15) is 0 Å². The molecule has 16 rings (SSSR count). The molecule has 4 fully saturated rings. The largest absolute Gasteiger partial charge is 0.309 e. The first kappa shape index (κ1) is 33.8. The van der Waals surface area contributed by atoms with Crippen LogP contribution in [-0.2, 0) is 5.41 Å². The van der Waals surface area contributed by atoms with Gasteiger partial charge in [0.25, 0.3) is 0 Å². The van der Waals surface area contributed by atoms with Gasteiger partial charge in [0.15, 0.2) is 0 Å². The molecule has 0 aliphatic heterocycles. The predicted octanol–water partition coefficient (Wildman–Crippen LogP) is 15.6. The molecule has 9 aromatic carbocycles. The fourth-order valence-electron chi connectivity index (χ4n) is 14.3. The number of fused-ring (bicyclic) bond motifs is 11. The van der Waals surface area contributed by atoms with E-state index >= 15 is 0 Å². The Morgan fingerprint density at radius 3 is 1.73 bits per heavy atom. The molecule has 5 aliphatic rings. The smallest absolute Gasteiger partial charge is 0.0547 e. The van der Waals surface area contributed by atoms with Crippen molar-refractivity contribution in [2.24, 2.45) is 23.7 Å². The van der Waals surface area contributed by atoms with Crippen LogP contribution in [0.3, 0.4) is 0 Å². The minimum Gasteiger partial charge on any atom is -0.309 e. The second-order valence-corrected chi connectivity index (χ2v) is 19.3. The molecule has 0 amide bonds. The van der Waals surface area contributed by atoms with Crippen molar-refractivity contribution < 1.29 is 0 Å². The normalized spacial score (nSPS) is 22.3. The quantitative estimate of drug-likeness (QED) is 0.169. The summed E-state index contributed by atoms with van der Waals surface area (Å²) < 4.78 is 5.05. The van der Waals surface area contributed by atoms with E-state index in [1.54, 1.807) is 11.1 Å². The van der Waals surface area contributed by atoms with Crippen molar-refractivity contribution in [3.05, 3.63) is 193 Å². The highest BCUT2D eigenvalue weighted by Gasteiger charge is 2.61. The number of rotatable bonds is 3. The lowest BCUT2D eigenvalue weighted by Gasteiger charge is -2.61. The molecule has 5 aliphatic carbocycles. The summed E-state index contributed by atoms with van der Waals surface area (Å²) in [6, 6.07) is 69.5. The summed E-state index contributed by atoms with van der Waals surface area (Å²) in [5, 5.41) is 10.2. The summed E-state index contributed by atoms with van der Waals surface area (Å²) in [7, 11) is 0. The van der Waals surface area contributed by atoms with E-state index in [9.17, 15) is 0 Å². The Kier molecular flexibility index (Phi) is 6.61. The maximum absolute atomic E-state index is 2.65. The van der Waals surface area contributed by atoms with Crippen molar-refractivity contribution in [3.63, 3.8) is 0 Å². The summed E-state index contributed by atoms with van der Waals surface area (Å²) in [6.07, 6.45) is 7.04. The summed E-state index contributed by atoms with van der Waals surface area (Å²) in [6.45, 7) is 0. The third kappa shape index (κ3) is 4.35. The Morgan fingerprint density at radius 1 is 0.355 bits per heavy atom. The third-order valence-electron chi connectivity index (χ3n) is 16.4. The van der Waals surface area contributed by atoms with E-state index in [1.807, 2.05) is 0 Å². The van der Waals surface area contributed by atoms with Crippen LogP contribution in [0.5, 0.6) is 0 Å². The summed E-state index contributed by atoms with van der Waals surface area (Å²) in [5.74, 6) is 3.32. The molecule has 2 heterocycles. The highest BCUT2D eigenvalue weighted by molar-refractivity contribution is 6.15. The van der Waals surface area contributed by atoms with Crippen molar-refractivity contribution in [2.75, 3.05) is 0 Å². The Hall–Kier alpha value is -6.90. The van der Waals surface area contributed by atoms with Gasteiger partial charge in [0, 0.05) is 38.0 Å². The zero-order valence-corrected chi connectivity index (χ0v) is 34.6.